The van der Waals surface area contributed by atoms with Crippen LogP contribution in [0.2, 0.25) is 0 Å². The van der Waals surface area contributed by atoms with Crippen molar-refractivity contribution >= 4 is 35.6 Å². The molecule has 4 N–H and O–H groups in total. The molecule has 0 unspecified atom stereocenters. The lowest BCUT2D eigenvalue weighted by molar-refractivity contribution is -0.346. The van der Waals surface area contributed by atoms with Gasteiger partial charge in [0.05, 0.1) is 35.6 Å². The first kappa shape index (κ1) is 44.3. The van der Waals surface area contributed by atoms with Gasteiger partial charge in [-0.25, -0.2) is 9.59 Å². The van der Waals surface area contributed by atoms with Crippen LogP contribution in [0.15, 0.2) is 102 Å². The Hall–Kier alpha value is -5.74. The fraction of sp³-hybridized carbons (Fsp3) is 0.447. The number of esters is 4. The first-order valence-electron chi connectivity index (χ1n) is 20.5. The summed E-state index contributed by atoms with van der Waals surface area (Å²) < 4.78 is 30.3. The van der Waals surface area contributed by atoms with E-state index in [1.165, 1.54) is 26.0 Å². The number of ether oxygens (including phenoxy) is 5. The van der Waals surface area contributed by atoms with Gasteiger partial charge in [-0.15, -0.1) is 0 Å². The minimum Gasteiger partial charge on any atom is -0.456 e. The average molecular weight is 854 g/mol. The van der Waals surface area contributed by atoms with Crippen LogP contribution in [0.3, 0.4) is 0 Å². The standard InChI is InChI=1S/C47H51NO14/c1-25-31(60-43(56)36(52)35(28-16-10-7-11-17-28)48-41(54)29-18-12-8-13-19-29)23-47(57)40(61-42(55)30-20-14-9-15-21-30)38-45(6,32(51)22-33-46(38,24-58-33)62-27(3)50)39(53)37(59-26(2)49)34(25)44(47,4)5/h7-21,31-33,35-38,40,51-52,57H,22-24H2,1-6H3,(H,48,54)/t31-,32-,33+,35-,36+,37+,38-,40+,45+,46-,47+/m0/s1. The zero-order valence-corrected chi connectivity index (χ0v) is 35.2. The lowest BCUT2D eigenvalue weighted by Crippen LogP contribution is -2.82. The van der Waals surface area contributed by atoms with E-state index in [0.29, 0.717) is 5.56 Å². The van der Waals surface area contributed by atoms with E-state index in [0.717, 1.165) is 13.8 Å². The highest BCUT2D eigenvalue weighted by Crippen LogP contribution is 2.64. The smallest absolute Gasteiger partial charge is 0.338 e. The maximum Gasteiger partial charge on any atom is 0.338 e. The maximum atomic E-state index is 15.5. The number of benzene rings is 3. The van der Waals surface area contributed by atoms with Gasteiger partial charge in [0.2, 0.25) is 0 Å². The Kier molecular flexibility index (Phi) is 11.8. The van der Waals surface area contributed by atoms with Gasteiger partial charge in [0.15, 0.2) is 23.6 Å². The third kappa shape index (κ3) is 7.29. The minimum absolute atomic E-state index is 0.00289. The van der Waals surface area contributed by atoms with Gasteiger partial charge in [-0.1, -0.05) is 80.6 Å². The number of aliphatic hydroxyl groups is 3. The molecule has 2 bridgehead atoms. The molecule has 62 heavy (non-hydrogen) atoms. The lowest BCUT2D eigenvalue weighted by Gasteiger charge is -2.67. The molecular formula is C47H51NO14. The molecule has 4 aliphatic rings. The summed E-state index contributed by atoms with van der Waals surface area (Å²) in [5, 5.41) is 40.2. The molecule has 3 aromatic rings. The normalized spacial score (nSPS) is 31.9. The summed E-state index contributed by atoms with van der Waals surface area (Å²) in [5.41, 5.74) is -7.02. The SMILES string of the molecule is CC(=O)O[C@H]1C(=O)[C@@]2(C)[C@H]([C@@H](OC(=O)c3ccccc3)[C@]3(O)C[C@H](OC(=O)[C@H](O)[C@@H](NC(=O)c4ccccc4)c4ccccc4)C(C)=C1C3(C)C)[C@]1(OC(C)=O)CO[C@@H]1C[C@@H]2O. The average Bonchev–Trinajstić information content (AvgIpc) is 3.24. The fourth-order valence-corrected chi connectivity index (χ4v) is 10.2. The summed E-state index contributed by atoms with van der Waals surface area (Å²) in [4.78, 5) is 83.5. The quantitative estimate of drug-likeness (QED) is 0.130. The van der Waals surface area contributed by atoms with E-state index in [4.69, 9.17) is 23.7 Å². The Morgan fingerprint density at radius 3 is 1.95 bits per heavy atom. The molecule has 1 amide bonds. The van der Waals surface area contributed by atoms with E-state index >= 15 is 4.79 Å². The number of carbonyl (C=O) groups excluding carboxylic acids is 6. The molecule has 15 heteroatoms. The molecule has 2 saturated carbocycles. The summed E-state index contributed by atoms with van der Waals surface area (Å²) in [5.74, 6) is -6.84. The zero-order chi connectivity index (χ0) is 44.9. The Balaban J connectivity index is 1.39. The second-order valence-corrected chi connectivity index (χ2v) is 17.4. The van der Waals surface area contributed by atoms with Gasteiger partial charge in [-0.3, -0.25) is 19.2 Å². The van der Waals surface area contributed by atoms with Gasteiger partial charge < -0.3 is 44.3 Å². The molecule has 0 radical (unpaired) electrons. The molecule has 0 aromatic heterocycles. The number of carbonyl (C=O) groups is 6. The van der Waals surface area contributed by atoms with Crippen molar-refractivity contribution in [3.8, 4) is 0 Å². The van der Waals surface area contributed by atoms with E-state index in [9.17, 15) is 39.3 Å². The highest BCUT2D eigenvalue weighted by molar-refractivity contribution is 5.96. The largest absolute Gasteiger partial charge is 0.456 e. The van der Waals surface area contributed by atoms with Gasteiger partial charge in [0.1, 0.15) is 23.9 Å². The summed E-state index contributed by atoms with van der Waals surface area (Å²) >= 11 is 0. The van der Waals surface area contributed by atoms with Gasteiger partial charge in [-0.2, -0.15) is 0 Å². The van der Waals surface area contributed by atoms with E-state index in [1.54, 1.807) is 92.7 Å². The summed E-state index contributed by atoms with van der Waals surface area (Å²) in [6.45, 7) is 7.97. The maximum absolute atomic E-state index is 15.5. The number of hydrogen-bond acceptors (Lipinski definition) is 14. The van der Waals surface area contributed by atoms with Crippen molar-refractivity contribution in [1.29, 1.82) is 0 Å². The Bertz CT molecular complexity index is 2280. The van der Waals surface area contributed by atoms with E-state index in [1.807, 2.05) is 0 Å². The second kappa shape index (κ2) is 16.5. The van der Waals surface area contributed by atoms with Crippen LogP contribution in [0.1, 0.15) is 86.7 Å². The third-order valence-corrected chi connectivity index (χ3v) is 13.5. The second-order valence-electron chi connectivity index (χ2n) is 17.4. The predicted molar refractivity (Wildman–Crippen MR) is 218 cm³/mol. The van der Waals surface area contributed by atoms with Crippen molar-refractivity contribution in [2.75, 3.05) is 6.61 Å². The molecule has 3 aromatic carbocycles. The van der Waals surface area contributed by atoms with Crippen molar-refractivity contribution in [3.63, 3.8) is 0 Å². The molecule has 0 spiro atoms. The number of nitrogens with one attached hydrogen (secondary N) is 1. The van der Waals surface area contributed by atoms with E-state index < -0.39 is 113 Å². The van der Waals surface area contributed by atoms with Gasteiger partial charge >= 0.3 is 23.9 Å². The molecule has 15 nitrogen and oxygen atoms in total. The molecule has 7 rings (SSSR count). The topological polar surface area (TPSA) is 221 Å². The number of hydrogen-bond donors (Lipinski definition) is 4. The monoisotopic (exact) mass is 853 g/mol. The number of fused-ring (bicyclic) bond motifs is 5. The van der Waals surface area contributed by atoms with E-state index in [2.05, 4.69) is 5.32 Å². The number of amides is 1. The van der Waals surface area contributed by atoms with Crippen LogP contribution in [0.5, 0.6) is 0 Å². The van der Waals surface area contributed by atoms with Crippen LogP contribution < -0.4 is 5.32 Å². The first-order chi connectivity index (χ1) is 29.3. The van der Waals surface area contributed by atoms with Crippen molar-refractivity contribution < 1.29 is 67.8 Å². The van der Waals surface area contributed by atoms with Crippen molar-refractivity contribution in [3.05, 3.63) is 119 Å². The van der Waals surface area contributed by atoms with Crippen molar-refractivity contribution in [1.82, 2.24) is 5.32 Å². The van der Waals surface area contributed by atoms with Crippen LogP contribution >= 0.6 is 0 Å². The number of aliphatic hydroxyl groups excluding tert-OH is 2. The molecule has 1 saturated heterocycles. The highest BCUT2D eigenvalue weighted by Gasteiger charge is 2.78. The summed E-state index contributed by atoms with van der Waals surface area (Å²) in [6.07, 6.45) is -10.5. The van der Waals surface area contributed by atoms with Crippen LogP contribution in [0.25, 0.3) is 0 Å². The van der Waals surface area contributed by atoms with Gasteiger partial charge in [-0.05, 0) is 54.8 Å². The van der Waals surface area contributed by atoms with Crippen LogP contribution in [0.4, 0.5) is 0 Å². The Morgan fingerprint density at radius 2 is 1.40 bits per heavy atom. The van der Waals surface area contributed by atoms with Crippen molar-refractivity contribution in [2.45, 2.75) is 108 Å². The molecule has 3 aliphatic carbocycles. The number of Topliss-reactive ketones (excluding diaryl/α,β-unsaturated/α-hetero) is 1. The van der Waals surface area contributed by atoms with Crippen LogP contribution in [0, 0.1) is 16.7 Å². The molecule has 1 heterocycles. The van der Waals surface area contributed by atoms with Crippen LogP contribution in [-0.2, 0) is 42.9 Å². The molecular weight excluding hydrogens is 803 g/mol. The molecule has 1 aliphatic heterocycles. The molecule has 3 fully saturated rings. The van der Waals surface area contributed by atoms with Crippen LogP contribution in [-0.4, -0.2) is 105 Å². The fourth-order valence-electron chi connectivity index (χ4n) is 10.2. The summed E-state index contributed by atoms with van der Waals surface area (Å²) in [6, 6.07) is 22.9. The predicted octanol–water partition coefficient (Wildman–Crippen LogP) is 3.74. The Labute approximate surface area is 358 Å². The highest BCUT2D eigenvalue weighted by atomic mass is 16.6. The third-order valence-electron chi connectivity index (χ3n) is 13.5. The molecule has 11 atom stereocenters. The zero-order valence-electron chi connectivity index (χ0n) is 35.2. The summed E-state index contributed by atoms with van der Waals surface area (Å²) in [7, 11) is 0. The van der Waals surface area contributed by atoms with Crippen molar-refractivity contribution in [2.24, 2.45) is 16.7 Å². The van der Waals surface area contributed by atoms with E-state index in [-0.39, 0.29) is 35.3 Å². The number of ketones is 1. The van der Waals surface area contributed by atoms with Gasteiger partial charge in [0.25, 0.3) is 5.91 Å². The first-order valence-corrected chi connectivity index (χ1v) is 20.5. The molecule has 328 valence electrons. The number of rotatable bonds is 10. The minimum atomic E-state index is -2.39. The van der Waals surface area contributed by atoms with Gasteiger partial charge in [0, 0.05) is 37.7 Å². The Morgan fingerprint density at radius 1 is 0.823 bits per heavy atom. The lowest BCUT2D eigenvalue weighted by atomic mass is 9.44.